The van der Waals surface area contributed by atoms with E-state index in [0.717, 1.165) is 0 Å². The molecule has 2 aromatic rings. The highest BCUT2D eigenvalue weighted by Gasteiger charge is 2.23. The molecule has 0 aliphatic carbocycles. The van der Waals surface area contributed by atoms with Gasteiger partial charge in [0.1, 0.15) is 10.7 Å². The predicted octanol–water partition coefficient (Wildman–Crippen LogP) is 2.06. The number of furan rings is 1. The normalized spacial score (nSPS) is 12.0. The van der Waals surface area contributed by atoms with Crippen molar-refractivity contribution in [1.82, 2.24) is 15.5 Å². The minimum atomic E-state index is -3.71. The molecule has 0 aliphatic rings. The third-order valence-corrected chi connectivity index (χ3v) is 4.67. The summed E-state index contributed by atoms with van der Waals surface area (Å²) in [5, 5.41) is 9.37. The molecule has 0 spiro atoms. The average Bonchev–Trinajstić information content (AvgIpc) is 2.95. The maximum absolute atomic E-state index is 12.2. The standard InChI is InChI=1S/C11H15BrN4O3S/c1-7(2)13-6-9-3-10(11(12)19-9)20(17,18)16-8-4-14-15-5-8/h3-5,7,13,16H,6H2,1-2H3,(H,14,15). The van der Waals surface area contributed by atoms with Gasteiger partial charge in [-0.1, -0.05) is 13.8 Å². The Morgan fingerprint density at radius 1 is 1.50 bits per heavy atom. The zero-order chi connectivity index (χ0) is 14.8. The van der Waals surface area contributed by atoms with Crippen molar-refractivity contribution in [3.8, 4) is 0 Å². The van der Waals surface area contributed by atoms with Crippen LogP contribution in [-0.2, 0) is 16.6 Å². The van der Waals surface area contributed by atoms with Gasteiger partial charge in [0.25, 0.3) is 10.0 Å². The summed E-state index contributed by atoms with van der Waals surface area (Å²) in [7, 11) is -3.71. The van der Waals surface area contributed by atoms with Crippen LogP contribution in [0.1, 0.15) is 19.6 Å². The predicted molar refractivity (Wildman–Crippen MR) is 77.8 cm³/mol. The highest BCUT2D eigenvalue weighted by Crippen LogP contribution is 2.27. The highest BCUT2D eigenvalue weighted by molar-refractivity contribution is 9.10. The molecule has 9 heteroatoms. The third-order valence-electron chi connectivity index (χ3n) is 2.43. The van der Waals surface area contributed by atoms with Crippen molar-refractivity contribution in [3.05, 3.63) is 28.9 Å². The fourth-order valence-electron chi connectivity index (χ4n) is 1.49. The van der Waals surface area contributed by atoms with Crippen LogP contribution in [0.5, 0.6) is 0 Å². The minimum absolute atomic E-state index is 0.0549. The number of hydrogen-bond donors (Lipinski definition) is 3. The number of halogens is 1. The molecule has 0 saturated carbocycles. The quantitative estimate of drug-likeness (QED) is 0.730. The summed E-state index contributed by atoms with van der Waals surface area (Å²) in [5.74, 6) is 0.540. The van der Waals surface area contributed by atoms with Gasteiger partial charge in [-0.2, -0.15) is 5.10 Å². The molecule has 2 aromatic heterocycles. The van der Waals surface area contributed by atoms with Crippen LogP contribution in [0, 0.1) is 0 Å². The average molecular weight is 363 g/mol. The monoisotopic (exact) mass is 362 g/mol. The minimum Gasteiger partial charge on any atom is -0.451 e. The van der Waals surface area contributed by atoms with Crippen molar-refractivity contribution in [3.63, 3.8) is 0 Å². The maximum Gasteiger partial charge on any atom is 0.266 e. The Morgan fingerprint density at radius 2 is 2.25 bits per heavy atom. The van der Waals surface area contributed by atoms with Crippen LogP contribution in [0.3, 0.4) is 0 Å². The number of aromatic amines is 1. The zero-order valence-electron chi connectivity index (χ0n) is 11.0. The number of rotatable bonds is 6. The first kappa shape index (κ1) is 15.1. The van der Waals surface area contributed by atoms with Gasteiger partial charge in [-0.25, -0.2) is 8.42 Å². The molecule has 2 heterocycles. The number of anilines is 1. The summed E-state index contributed by atoms with van der Waals surface area (Å²) in [6.07, 6.45) is 2.83. The second-order valence-electron chi connectivity index (χ2n) is 4.48. The lowest BCUT2D eigenvalue weighted by atomic mass is 10.3. The number of nitrogens with one attached hydrogen (secondary N) is 3. The summed E-state index contributed by atoms with van der Waals surface area (Å²) < 4.78 is 32.4. The Labute approximate surface area is 125 Å². The number of sulfonamides is 1. The van der Waals surface area contributed by atoms with Crippen LogP contribution in [0.15, 0.2) is 32.4 Å². The first-order valence-electron chi connectivity index (χ1n) is 5.91. The van der Waals surface area contributed by atoms with Crippen LogP contribution in [0.2, 0.25) is 0 Å². The van der Waals surface area contributed by atoms with Gasteiger partial charge in [-0.05, 0) is 15.9 Å². The Bertz CT molecular complexity index is 664. The molecule has 0 aromatic carbocycles. The highest BCUT2D eigenvalue weighted by atomic mass is 79.9. The molecule has 0 atom stereocenters. The third kappa shape index (κ3) is 3.62. The fourth-order valence-corrected chi connectivity index (χ4v) is 3.52. The molecule has 0 radical (unpaired) electrons. The first-order valence-corrected chi connectivity index (χ1v) is 8.19. The molecular formula is C11H15BrN4O3S. The van der Waals surface area contributed by atoms with Crippen molar-refractivity contribution in [1.29, 1.82) is 0 Å². The van der Waals surface area contributed by atoms with Gasteiger partial charge in [0, 0.05) is 18.3 Å². The van der Waals surface area contributed by atoms with E-state index in [2.05, 4.69) is 36.2 Å². The molecular weight excluding hydrogens is 348 g/mol. The molecule has 3 N–H and O–H groups in total. The summed E-state index contributed by atoms with van der Waals surface area (Å²) in [4.78, 5) is 0.0549. The maximum atomic E-state index is 12.2. The topological polar surface area (TPSA) is 100 Å². The van der Waals surface area contributed by atoms with Crippen LogP contribution >= 0.6 is 15.9 Å². The second-order valence-corrected chi connectivity index (χ2v) is 6.85. The fraction of sp³-hybridized carbons (Fsp3) is 0.364. The van der Waals surface area contributed by atoms with Gasteiger partial charge in [-0.3, -0.25) is 9.82 Å². The second kappa shape index (κ2) is 5.98. The Hall–Kier alpha value is -1.32. The van der Waals surface area contributed by atoms with Crippen molar-refractivity contribution >= 4 is 31.6 Å². The van der Waals surface area contributed by atoms with Gasteiger partial charge in [-0.15, -0.1) is 0 Å². The Balaban J connectivity index is 2.19. The van der Waals surface area contributed by atoms with E-state index < -0.39 is 10.0 Å². The van der Waals surface area contributed by atoms with E-state index in [1.54, 1.807) is 0 Å². The molecule has 110 valence electrons. The lowest BCUT2D eigenvalue weighted by Gasteiger charge is -2.04. The number of aromatic nitrogens is 2. The van der Waals surface area contributed by atoms with Gasteiger partial charge in [0.05, 0.1) is 18.4 Å². The lowest BCUT2D eigenvalue weighted by molar-refractivity contribution is 0.447. The van der Waals surface area contributed by atoms with Crippen molar-refractivity contribution in [2.45, 2.75) is 31.3 Å². The lowest BCUT2D eigenvalue weighted by Crippen LogP contribution is -2.21. The summed E-state index contributed by atoms with van der Waals surface area (Å²) in [5.41, 5.74) is 0.361. The van der Waals surface area contributed by atoms with Crippen LogP contribution in [0.25, 0.3) is 0 Å². The number of H-pyrrole nitrogens is 1. The molecule has 20 heavy (non-hydrogen) atoms. The molecule has 0 unspecified atom stereocenters. The SMILES string of the molecule is CC(C)NCc1cc(S(=O)(=O)Nc2cn[nH]c2)c(Br)o1. The van der Waals surface area contributed by atoms with Gasteiger partial charge in [0.15, 0.2) is 4.67 Å². The summed E-state index contributed by atoms with van der Waals surface area (Å²) >= 11 is 3.13. The molecule has 0 aliphatic heterocycles. The molecule has 0 fully saturated rings. The van der Waals surface area contributed by atoms with Gasteiger partial charge in [0.2, 0.25) is 0 Å². The molecule has 0 saturated heterocycles. The molecule has 0 bridgehead atoms. The largest absolute Gasteiger partial charge is 0.451 e. The summed E-state index contributed by atoms with van der Waals surface area (Å²) in [6.45, 7) is 4.45. The van der Waals surface area contributed by atoms with Crippen molar-refractivity contribution < 1.29 is 12.8 Å². The van der Waals surface area contributed by atoms with E-state index in [1.165, 1.54) is 18.5 Å². The number of nitrogens with zero attached hydrogens (tertiary/aromatic N) is 1. The van der Waals surface area contributed by atoms with Gasteiger partial charge >= 0.3 is 0 Å². The van der Waals surface area contributed by atoms with E-state index in [0.29, 0.717) is 18.0 Å². The van der Waals surface area contributed by atoms with Gasteiger partial charge < -0.3 is 9.73 Å². The summed E-state index contributed by atoms with van der Waals surface area (Å²) in [6, 6.07) is 1.77. The van der Waals surface area contributed by atoms with Crippen molar-refractivity contribution in [2.24, 2.45) is 0 Å². The van der Waals surface area contributed by atoms with E-state index in [-0.39, 0.29) is 15.6 Å². The molecule has 2 rings (SSSR count). The van der Waals surface area contributed by atoms with E-state index in [4.69, 9.17) is 4.42 Å². The zero-order valence-corrected chi connectivity index (χ0v) is 13.4. The van der Waals surface area contributed by atoms with Crippen molar-refractivity contribution in [2.75, 3.05) is 4.72 Å². The first-order chi connectivity index (χ1) is 9.38. The van der Waals surface area contributed by atoms with E-state index in [9.17, 15) is 8.42 Å². The van der Waals surface area contributed by atoms with Crippen LogP contribution in [-0.4, -0.2) is 24.7 Å². The Morgan fingerprint density at radius 3 is 2.85 bits per heavy atom. The van der Waals surface area contributed by atoms with Crippen LogP contribution < -0.4 is 10.0 Å². The van der Waals surface area contributed by atoms with E-state index in [1.807, 2.05) is 13.8 Å². The van der Waals surface area contributed by atoms with E-state index >= 15 is 0 Å². The molecule has 7 nitrogen and oxygen atoms in total. The Kier molecular flexibility index (Phi) is 4.51. The van der Waals surface area contributed by atoms with Crippen LogP contribution in [0.4, 0.5) is 5.69 Å². The number of hydrogen-bond acceptors (Lipinski definition) is 5. The molecule has 0 amide bonds. The smallest absolute Gasteiger partial charge is 0.266 e.